The van der Waals surface area contributed by atoms with Gasteiger partial charge < -0.3 is 25.3 Å². The summed E-state index contributed by atoms with van der Waals surface area (Å²) in [6.45, 7) is 5.23. The number of rotatable bonds is 3. The molecule has 0 fully saturated rings. The number of benzene rings is 2. The summed E-state index contributed by atoms with van der Waals surface area (Å²) in [6, 6.07) is 12.6. The number of carbonyl (C=O) groups is 1. The number of anilines is 1. The summed E-state index contributed by atoms with van der Waals surface area (Å²) in [5, 5.41) is 17.5. The van der Waals surface area contributed by atoms with Crippen LogP contribution in [-0.4, -0.2) is 33.8 Å². The Morgan fingerprint density at radius 3 is 2.10 bits per heavy atom. The number of hydrogen-bond donors (Lipinski definition) is 3. The highest BCUT2D eigenvalue weighted by molar-refractivity contribution is 6.30. The maximum Gasteiger partial charge on any atom is 0.258 e. The number of nitrogens with zero attached hydrogens (tertiary/aromatic N) is 1. The number of carbonyl (C=O) groups excluding carboxylic acids is 1. The third-order valence-electron chi connectivity index (χ3n) is 3.95. The zero-order valence-electron chi connectivity index (χ0n) is 17.9. The first-order valence-corrected chi connectivity index (χ1v) is 9.68. The van der Waals surface area contributed by atoms with E-state index in [2.05, 4.69) is 0 Å². The SMILES string of the molecule is CC(C)(C)O.CO.Cn1c(CC=O)c(-c2ccc(Cl)cc2)c2ccc(N)cc2c1=O. The van der Waals surface area contributed by atoms with E-state index < -0.39 is 5.60 Å². The lowest BCUT2D eigenvalue weighted by Gasteiger charge is -2.16. The van der Waals surface area contributed by atoms with Crippen molar-refractivity contribution in [1.29, 1.82) is 0 Å². The first kappa shape index (κ1) is 25.4. The lowest BCUT2D eigenvalue weighted by atomic mass is 9.95. The molecule has 3 aromatic rings. The van der Waals surface area contributed by atoms with Gasteiger partial charge in [0.15, 0.2) is 0 Å². The number of halogens is 1. The van der Waals surface area contributed by atoms with E-state index in [0.717, 1.165) is 29.9 Å². The van der Waals surface area contributed by atoms with Crippen molar-refractivity contribution in [2.45, 2.75) is 32.8 Å². The lowest BCUT2D eigenvalue weighted by Crippen LogP contribution is -2.22. The Bertz CT molecular complexity index is 1050. The van der Waals surface area contributed by atoms with Crippen LogP contribution in [-0.2, 0) is 18.3 Å². The first-order valence-electron chi connectivity index (χ1n) is 9.30. The predicted molar refractivity (Wildman–Crippen MR) is 124 cm³/mol. The van der Waals surface area contributed by atoms with Gasteiger partial charge in [0, 0.05) is 47.9 Å². The standard InChI is InChI=1S/C18H15ClN2O2.C4H10O.CH4O/c1-21-16(8-9-22)17(11-2-4-12(19)5-3-11)14-7-6-13(20)10-15(14)18(21)23;1-4(2,3)5;1-2/h2-7,9-10H,8,20H2,1H3;5H,1-3H3;2H,1H3. The van der Waals surface area contributed by atoms with E-state index in [1.807, 2.05) is 18.2 Å². The van der Waals surface area contributed by atoms with Crippen LogP contribution in [0.3, 0.4) is 0 Å². The van der Waals surface area contributed by atoms with Crippen molar-refractivity contribution in [3.8, 4) is 11.1 Å². The first-order chi connectivity index (χ1) is 14.0. The number of pyridine rings is 1. The quantitative estimate of drug-likeness (QED) is 0.433. The van der Waals surface area contributed by atoms with Crippen molar-refractivity contribution in [2.75, 3.05) is 12.8 Å². The molecule has 0 saturated carbocycles. The van der Waals surface area contributed by atoms with Crippen LogP contribution in [0.4, 0.5) is 5.69 Å². The molecule has 0 spiro atoms. The molecule has 6 nitrogen and oxygen atoms in total. The van der Waals surface area contributed by atoms with Gasteiger partial charge in [0.05, 0.1) is 5.60 Å². The number of aromatic nitrogens is 1. The smallest absolute Gasteiger partial charge is 0.258 e. The van der Waals surface area contributed by atoms with Gasteiger partial charge in [-0.05, 0) is 56.0 Å². The molecule has 1 heterocycles. The topological polar surface area (TPSA) is 106 Å². The number of aldehydes is 1. The second-order valence-electron chi connectivity index (χ2n) is 7.54. The Labute approximate surface area is 181 Å². The third kappa shape index (κ3) is 6.69. The minimum atomic E-state index is -0.500. The molecule has 0 amide bonds. The van der Waals surface area contributed by atoms with E-state index in [0.29, 0.717) is 21.8 Å². The fourth-order valence-corrected chi connectivity index (χ4v) is 2.97. The van der Waals surface area contributed by atoms with E-state index in [9.17, 15) is 9.59 Å². The highest BCUT2D eigenvalue weighted by Gasteiger charge is 2.16. The van der Waals surface area contributed by atoms with Crippen molar-refractivity contribution in [3.05, 3.63) is 63.5 Å². The summed E-state index contributed by atoms with van der Waals surface area (Å²) in [7, 11) is 2.67. The molecule has 2 aromatic carbocycles. The van der Waals surface area contributed by atoms with Crippen molar-refractivity contribution < 1.29 is 15.0 Å². The number of nitrogens with two attached hydrogens (primary N) is 1. The molecule has 3 rings (SSSR count). The summed E-state index contributed by atoms with van der Waals surface area (Å²) in [5.41, 5.74) is 8.11. The Morgan fingerprint density at radius 1 is 1.07 bits per heavy atom. The summed E-state index contributed by atoms with van der Waals surface area (Å²) >= 11 is 5.97. The summed E-state index contributed by atoms with van der Waals surface area (Å²) in [4.78, 5) is 23.7. The van der Waals surface area contributed by atoms with Gasteiger partial charge in [-0.3, -0.25) is 4.79 Å². The molecule has 4 N–H and O–H groups in total. The van der Waals surface area contributed by atoms with Gasteiger partial charge in [-0.15, -0.1) is 0 Å². The second-order valence-corrected chi connectivity index (χ2v) is 7.98. The normalized spacial score (nSPS) is 10.5. The number of hydrogen-bond acceptors (Lipinski definition) is 5. The molecule has 0 aliphatic rings. The molecule has 1 aromatic heterocycles. The predicted octanol–water partition coefficient (Wildman–Crippen LogP) is 3.57. The Hall–Kier alpha value is -2.67. The van der Waals surface area contributed by atoms with Gasteiger partial charge in [-0.1, -0.05) is 29.8 Å². The van der Waals surface area contributed by atoms with E-state index >= 15 is 0 Å². The van der Waals surface area contributed by atoms with Crippen LogP contribution in [0.1, 0.15) is 26.5 Å². The van der Waals surface area contributed by atoms with Crippen molar-refractivity contribution in [3.63, 3.8) is 0 Å². The molecule has 0 unspecified atom stereocenters. The van der Waals surface area contributed by atoms with Gasteiger partial charge in [-0.2, -0.15) is 0 Å². The molecule has 0 bridgehead atoms. The number of aliphatic hydroxyl groups excluding tert-OH is 1. The van der Waals surface area contributed by atoms with Crippen molar-refractivity contribution >= 4 is 34.3 Å². The lowest BCUT2D eigenvalue weighted by molar-refractivity contribution is -0.107. The summed E-state index contributed by atoms with van der Waals surface area (Å²) in [6.07, 6.45) is 0.960. The van der Waals surface area contributed by atoms with Gasteiger partial charge in [0.1, 0.15) is 6.29 Å². The molecule has 0 aliphatic carbocycles. The highest BCUT2D eigenvalue weighted by atomic mass is 35.5. The average Bonchev–Trinajstić information content (AvgIpc) is 2.68. The molecule has 162 valence electrons. The fourth-order valence-electron chi connectivity index (χ4n) is 2.84. The molecule has 7 heteroatoms. The molecule has 0 saturated heterocycles. The zero-order chi connectivity index (χ0) is 23.1. The zero-order valence-corrected chi connectivity index (χ0v) is 18.7. The summed E-state index contributed by atoms with van der Waals surface area (Å²) in [5.74, 6) is 0. The monoisotopic (exact) mass is 432 g/mol. The number of nitrogen functional groups attached to an aromatic ring is 1. The molecule has 0 radical (unpaired) electrons. The van der Waals surface area contributed by atoms with Crippen LogP contribution in [0, 0.1) is 0 Å². The minimum Gasteiger partial charge on any atom is -0.400 e. The van der Waals surface area contributed by atoms with Crippen LogP contribution in [0.2, 0.25) is 5.02 Å². The largest absolute Gasteiger partial charge is 0.400 e. The Morgan fingerprint density at radius 2 is 1.60 bits per heavy atom. The van der Waals surface area contributed by atoms with E-state index in [-0.39, 0.29) is 12.0 Å². The van der Waals surface area contributed by atoms with Gasteiger partial charge in [-0.25, -0.2) is 0 Å². The van der Waals surface area contributed by atoms with Crippen molar-refractivity contribution in [1.82, 2.24) is 4.57 Å². The Balaban J connectivity index is 0.000000565. The van der Waals surface area contributed by atoms with Crippen LogP contribution < -0.4 is 11.3 Å². The van der Waals surface area contributed by atoms with Crippen LogP contribution >= 0.6 is 11.6 Å². The molecule has 0 aliphatic heterocycles. The van der Waals surface area contributed by atoms with E-state index in [4.69, 9.17) is 27.5 Å². The third-order valence-corrected chi connectivity index (χ3v) is 4.20. The molecule has 0 atom stereocenters. The van der Waals surface area contributed by atoms with Gasteiger partial charge in [0.25, 0.3) is 5.56 Å². The molecular formula is C23H29ClN2O4. The van der Waals surface area contributed by atoms with E-state index in [1.165, 1.54) is 4.57 Å². The van der Waals surface area contributed by atoms with E-state index in [1.54, 1.807) is 52.1 Å². The fraction of sp³-hybridized carbons (Fsp3) is 0.304. The second kappa shape index (κ2) is 10.9. The Kier molecular flexibility index (Phi) is 9.23. The van der Waals surface area contributed by atoms with Crippen LogP contribution in [0.15, 0.2) is 47.3 Å². The maximum atomic E-state index is 12.6. The van der Waals surface area contributed by atoms with Gasteiger partial charge in [0.2, 0.25) is 0 Å². The molecular weight excluding hydrogens is 404 g/mol. The average molecular weight is 433 g/mol. The van der Waals surface area contributed by atoms with Crippen LogP contribution in [0.25, 0.3) is 21.9 Å². The van der Waals surface area contributed by atoms with Crippen molar-refractivity contribution in [2.24, 2.45) is 7.05 Å². The molecule has 30 heavy (non-hydrogen) atoms. The minimum absolute atomic E-state index is 0.157. The number of fused-ring (bicyclic) bond motifs is 1. The highest BCUT2D eigenvalue weighted by Crippen LogP contribution is 2.32. The summed E-state index contributed by atoms with van der Waals surface area (Å²) < 4.78 is 1.51. The maximum absolute atomic E-state index is 12.6. The van der Waals surface area contributed by atoms with Gasteiger partial charge >= 0.3 is 0 Å². The van der Waals surface area contributed by atoms with Crippen LogP contribution in [0.5, 0.6) is 0 Å². The number of aliphatic hydroxyl groups is 2.